The Morgan fingerprint density at radius 3 is 2.50 bits per heavy atom. The molecule has 1 aromatic rings. The van der Waals surface area contributed by atoms with Crippen LogP contribution in [-0.2, 0) is 11.2 Å². The van der Waals surface area contributed by atoms with Gasteiger partial charge in [0.05, 0.1) is 5.41 Å². The summed E-state index contributed by atoms with van der Waals surface area (Å²) >= 11 is 0. The summed E-state index contributed by atoms with van der Waals surface area (Å²) in [5, 5.41) is 3.39. The van der Waals surface area contributed by atoms with Gasteiger partial charge < -0.3 is 15.1 Å². The number of fused-ring (bicyclic) bond motifs is 3. The van der Waals surface area contributed by atoms with Crippen molar-refractivity contribution in [2.45, 2.75) is 38.1 Å². The molecule has 1 unspecified atom stereocenters. The molecular weight excluding hydrogens is 298 g/mol. The summed E-state index contributed by atoms with van der Waals surface area (Å²) in [4.78, 5) is 17.9. The van der Waals surface area contributed by atoms with E-state index < -0.39 is 0 Å². The van der Waals surface area contributed by atoms with E-state index in [-0.39, 0.29) is 5.41 Å². The number of hydrogen-bond donors (Lipinski definition) is 1. The zero-order chi connectivity index (χ0) is 16.4. The second kappa shape index (κ2) is 6.85. The van der Waals surface area contributed by atoms with Crippen molar-refractivity contribution in [3.63, 3.8) is 0 Å². The maximum Gasteiger partial charge on any atom is 0.226 e. The molecular formula is C20H29N3O. The lowest BCUT2D eigenvalue weighted by Crippen LogP contribution is -2.56. The van der Waals surface area contributed by atoms with Crippen LogP contribution in [-0.4, -0.2) is 61.0 Å². The van der Waals surface area contributed by atoms with Crippen LogP contribution in [0.3, 0.4) is 0 Å². The Bertz CT molecular complexity index is 552. The van der Waals surface area contributed by atoms with Crippen molar-refractivity contribution in [1.82, 2.24) is 15.1 Å². The minimum Gasteiger partial charge on any atom is -0.352 e. The molecule has 0 aromatic heterocycles. The smallest absolute Gasteiger partial charge is 0.226 e. The highest BCUT2D eigenvalue weighted by Gasteiger charge is 2.45. The predicted octanol–water partition coefficient (Wildman–Crippen LogP) is 1.91. The van der Waals surface area contributed by atoms with E-state index in [0.29, 0.717) is 11.9 Å². The van der Waals surface area contributed by atoms with Gasteiger partial charge in [0.2, 0.25) is 5.91 Å². The van der Waals surface area contributed by atoms with Gasteiger partial charge in [0, 0.05) is 25.7 Å². The van der Waals surface area contributed by atoms with Gasteiger partial charge in [-0.05, 0) is 57.3 Å². The molecule has 130 valence electrons. The first-order valence-electron chi connectivity index (χ1n) is 9.53. The minimum absolute atomic E-state index is 0.0494. The molecule has 1 amide bonds. The number of amides is 1. The van der Waals surface area contributed by atoms with Crippen LogP contribution in [0, 0.1) is 5.41 Å². The Morgan fingerprint density at radius 1 is 1.08 bits per heavy atom. The SMILES string of the molecule is O=C(NC1CCN(CCc2ccccc2)C1)C12CCN(CC1)CC2. The minimum atomic E-state index is -0.0494. The molecule has 0 radical (unpaired) electrons. The van der Waals surface area contributed by atoms with E-state index >= 15 is 0 Å². The highest BCUT2D eigenvalue weighted by atomic mass is 16.2. The standard InChI is InChI=1S/C20H29N3O/c24-19(20-8-13-22(14-9-20)15-10-20)21-18-7-12-23(16-18)11-6-17-4-2-1-3-5-17/h1-5,18H,6-16H2,(H,21,24). The number of likely N-dealkylation sites (tertiary alicyclic amines) is 1. The second-order valence-electron chi connectivity index (χ2n) is 7.87. The summed E-state index contributed by atoms with van der Waals surface area (Å²) in [6, 6.07) is 11.0. The Balaban J connectivity index is 1.25. The molecule has 4 nitrogen and oxygen atoms in total. The quantitative estimate of drug-likeness (QED) is 0.897. The van der Waals surface area contributed by atoms with Crippen LogP contribution in [0.5, 0.6) is 0 Å². The molecule has 4 fully saturated rings. The van der Waals surface area contributed by atoms with E-state index in [1.54, 1.807) is 0 Å². The van der Waals surface area contributed by atoms with Crippen LogP contribution in [0.4, 0.5) is 0 Å². The Kier molecular flexibility index (Phi) is 4.59. The number of benzene rings is 1. The van der Waals surface area contributed by atoms with E-state index in [1.807, 2.05) is 0 Å². The van der Waals surface area contributed by atoms with Crippen LogP contribution in [0.15, 0.2) is 30.3 Å². The number of nitrogens with one attached hydrogen (secondary N) is 1. The number of piperidine rings is 3. The summed E-state index contributed by atoms with van der Waals surface area (Å²) in [6.07, 6.45) is 5.37. The number of rotatable bonds is 5. The molecule has 4 saturated heterocycles. The molecule has 2 bridgehead atoms. The summed E-state index contributed by atoms with van der Waals surface area (Å²) in [6.45, 7) is 6.56. The van der Waals surface area contributed by atoms with Crippen molar-refractivity contribution in [3.8, 4) is 0 Å². The van der Waals surface area contributed by atoms with E-state index in [0.717, 1.165) is 71.4 Å². The third kappa shape index (κ3) is 3.35. The molecule has 5 rings (SSSR count). The molecule has 24 heavy (non-hydrogen) atoms. The third-order valence-corrected chi connectivity index (χ3v) is 6.37. The molecule has 1 aromatic carbocycles. The van der Waals surface area contributed by atoms with Crippen molar-refractivity contribution in [3.05, 3.63) is 35.9 Å². The van der Waals surface area contributed by atoms with Crippen LogP contribution < -0.4 is 5.32 Å². The van der Waals surface area contributed by atoms with Crippen molar-refractivity contribution in [1.29, 1.82) is 0 Å². The van der Waals surface area contributed by atoms with Gasteiger partial charge in [-0.2, -0.15) is 0 Å². The molecule has 4 aliphatic rings. The summed E-state index contributed by atoms with van der Waals surface area (Å²) in [7, 11) is 0. The molecule has 4 heteroatoms. The highest BCUT2D eigenvalue weighted by Crippen LogP contribution is 2.40. The topological polar surface area (TPSA) is 35.6 Å². The lowest BCUT2D eigenvalue weighted by molar-refractivity contribution is -0.138. The van der Waals surface area contributed by atoms with Gasteiger partial charge in [-0.15, -0.1) is 0 Å². The van der Waals surface area contributed by atoms with E-state index in [2.05, 4.69) is 45.4 Å². The fourth-order valence-electron chi connectivity index (χ4n) is 4.59. The fourth-order valence-corrected chi connectivity index (χ4v) is 4.59. The molecule has 4 aliphatic heterocycles. The summed E-state index contributed by atoms with van der Waals surface area (Å²) < 4.78 is 0. The summed E-state index contributed by atoms with van der Waals surface area (Å²) in [5.41, 5.74) is 1.35. The summed E-state index contributed by atoms with van der Waals surface area (Å²) in [5.74, 6) is 0.344. The average molecular weight is 327 g/mol. The van der Waals surface area contributed by atoms with E-state index in [9.17, 15) is 4.79 Å². The van der Waals surface area contributed by atoms with Crippen LogP contribution in [0.1, 0.15) is 31.2 Å². The van der Waals surface area contributed by atoms with Gasteiger partial charge in [-0.1, -0.05) is 30.3 Å². The van der Waals surface area contributed by atoms with Gasteiger partial charge in [0.1, 0.15) is 0 Å². The van der Waals surface area contributed by atoms with Crippen LogP contribution in [0.25, 0.3) is 0 Å². The monoisotopic (exact) mass is 327 g/mol. The number of hydrogen-bond acceptors (Lipinski definition) is 3. The van der Waals surface area contributed by atoms with Gasteiger partial charge in [0.15, 0.2) is 0 Å². The lowest BCUT2D eigenvalue weighted by Gasteiger charge is -2.47. The normalized spacial score (nSPS) is 32.8. The van der Waals surface area contributed by atoms with Gasteiger partial charge in [0.25, 0.3) is 0 Å². The first-order valence-corrected chi connectivity index (χ1v) is 9.53. The first-order chi connectivity index (χ1) is 11.7. The zero-order valence-corrected chi connectivity index (χ0v) is 14.5. The maximum absolute atomic E-state index is 12.9. The average Bonchev–Trinajstić information content (AvgIpc) is 3.10. The molecule has 1 N–H and O–H groups in total. The molecule has 4 heterocycles. The Hall–Kier alpha value is -1.39. The van der Waals surface area contributed by atoms with Crippen molar-refractivity contribution < 1.29 is 4.79 Å². The number of carbonyl (C=O) groups is 1. The Morgan fingerprint density at radius 2 is 1.79 bits per heavy atom. The predicted molar refractivity (Wildman–Crippen MR) is 95.9 cm³/mol. The zero-order valence-electron chi connectivity index (χ0n) is 14.5. The van der Waals surface area contributed by atoms with E-state index in [4.69, 9.17) is 0 Å². The van der Waals surface area contributed by atoms with Crippen molar-refractivity contribution in [2.75, 3.05) is 39.3 Å². The molecule has 0 spiro atoms. The number of carbonyl (C=O) groups excluding carboxylic acids is 1. The van der Waals surface area contributed by atoms with Gasteiger partial charge >= 0.3 is 0 Å². The van der Waals surface area contributed by atoms with Gasteiger partial charge in [-0.3, -0.25) is 4.79 Å². The third-order valence-electron chi connectivity index (χ3n) is 6.37. The Labute approximate surface area is 145 Å². The number of nitrogens with zero attached hydrogens (tertiary/aromatic N) is 2. The molecule has 1 atom stereocenters. The van der Waals surface area contributed by atoms with Crippen molar-refractivity contribution >= 4 is 5.91 Å². The second-order valence-corrected chi connectivity index (χ2v) is 7.87. The molecule has 0 saturated carbocycles. The van der Waals surface area contributed by atoms with Gasteiger partial charge in [-0.25, -0.2) is 0 Å². The largest absolute Gasteiger partial charge is 0.352 e. The molecule has 0 aliphatic carbocycles. The van der Waals surface area contributed by atoms with Crippen LogP contribution in [0.2, 0.25) is 0 Å². The van der Waals surface area contributed by atoms with Crippen molar-refractivity contribution in [2.24, 2.45) is 5.41 Å². The van der Waals surface area contributed by atoms with E-state index in [1.165, 1.54) is 5.56 Å². The fraction of sp³-hybridized carbons (Fsp3) is 0.650. The maximum atomic E-state index is 12.9. The lowest BCUT2D eigenvalue weighted by atomic mass is 9.71. The van der Waals surface area contributed by atoms with Crippen LogP contribution >= 0.6 is 0 Å². The highest BCUT2D eigenvalue weighted by molar-refractivity contribution is 5.83. The first kappa shape index (κ1) is 16.1.